The third-order valence-corrected chi connectivity index (χ3v) is 5.28. The molecule has 0 spiro atoms. The van der Waals surface area contributed by atoms with Gasteiger partial charge in [-0.25, -0.2) is 0 Å². The van der Waals surface area contributed by atoms with Crippen LogP contribution in [0.5, 0.6) is 11.9 Å². The SMILES string of the molecule is Oc1nc(O)c2ccc3sc4ccc5ccccc5c4c3c2n1. The van der Waals surface area contributed by atoms with E-state index in [2.05, 4.69) is 34.2 Å². The molecule has 0 aliphatic carbocycles. The minimum atomic E-state index is -0.415. The van der Waals surface area contributed by atoms with Crippen LogP contribution in [0.2, 0.25) is 0 Å². The number of thiophene rings is 1. The molecule has 2 N–H and O–H groups in total. The second-order valence-electron chi connectivity index (χ2n) is 5.44. The lowest BCUT2D eigenvalue weighted by Gasteiger charge is -2.04. The van der Waals surface area contributed by atoms with E-state index in [1.54, 1.807) is 17.4 Å². The number of benzene rings is 3. The van der Waals surface area contributed by atoms with Crippen LogP contribution in [-0.4, -0.2) is 20.2 Å². The number of hydrogen-bond acceptors (Lipinski definition) is 5. The number of hydrogen-bond donors (Lipinski definition) is 2. The molecule has 0 amide bonds. The largest absolute Gasteiger partial charge is 0.493 e. The van der Waals surface area contributed by atoms with Crippen molar-refractivity contribution >= 4 is 53.2 Å². The lowest BCUT2D eigenvalue weighted by atomic mass is 10.0. The Hall–Kier alpha value is -2.92. The second kappa shape index (κ2) is 4.30. The molecule has 0 radical (unpaired) electrons. The van der Waals surface area contributed by atoms with Crippen molar-refractivity contribution < 1.29 is 10.2 Å². The Bertz CT molecular complexity index is 1240. The first-order valence-corrected chi connectivity index (χ1v) is 7.97. The Morgan fingerprint density at radius 1 is 0.739 bits per heavy atom. The monoisotopic (exact) mass is 318 g/mol. The van der Waals surface area contributed by atoms with Crippen molar-refractivity contribution in [1.29, 1.82) is 0 Å². The van der Waals surface area contributed by atoms with Gasteiger partial charge in [-0.1, -0.05) is 30.3 Å². The Balaban J connectivity index is 2.16. The van der Waals surface area contributed by atoms with Gasteiger partial charge in [0.25, 0.3) is 0 Å². The molecule has 5 heteroatoms. The summed E-state index contributed by atoms with van der Waals surface area (Å²) in [4.78, 5) is 7.82. The maximum atomic E-state index is 10.0. The fourth-order valence-corrected chi connectivity index (χ4v) is 4.31. The molecule has 4 nitrogen and oxygen atoms in total. The molecule has 23 heavy (non-hydrogen) atoms. The van der Waals surface area contributed by atoms with E-state index < -0.39 is 6.01 Å². The Labute approximate surface area is 134 Å². The maximum Gasteiger partial charge on any atom is 0.317 e. The van der Waals surface area contributed by atoms with E-state index >= 15 is 0 Å². The van der Waals surface area contributed by atoms with E-state index in [4.69, 9.17) is 0 Å². The molecule has 0 saturated heterocycles. The molecule has 3 aromatic carbocycles. The van der Waals surface area contributed by atoms with Gasteiger partial charge in [-0.05, 0) is 29.0 Å². The van der Waals surface area contributed by atoms with Gasteiger partial charge in [-0.15, -0.1) is 11.3 Å². The topological polar surface area (TPSA) is 66.2 Å². The van der Waals surface area contributed by atoms with Gasteiger partial charge in [0, 0.05) is 20.2 Å². The standard InChI is InChI=1S/C18H10N2O2S/c21-17-11-6-8-13-15(16(11)19-18(22)20-17)14-10-4-2-1-3-9(10)5-7-12(14)23-13/h1-8H,(H2,19,20,21,22). The molecule has 5 rings (SSSR count). The van der Waals surface area contributed by atoms with Crippen LogP contribution >= 0.6 is 11.3 Å². The minimum absolute atomic E-state index is 0.200. The van der Waals surface area contributed by atoms with Gasteiger partial charge in [0.05, 0.1) is 10.9 Å². The molecule has 2 heterocycles. The highest BCUT2D eigenvalue weighted by Gasteiger charge is 2.15. The summed E-state index contributed by atoms with van der Waals surface area (Å²) < 4.78 is 2.23. The number of fused-ring (bicyclic) bond motifs is 7. The van der Waals surface area contributed by atoms with Crippen molar-refractivity contribution in [2.75, 3.05) is 0 Å². The molecule has 0 saturated carbocycles. The second-order valence-corrected chi connectivity index (χ2v) is 6.53. The maximum absolute atomic E-state index is 10.0. The third-order valence-electron chi connectivity index (χ3n) is 4.16. The summed E-state index contributed by atoms with van der Waals surface area (Å²) in [5.74, 6) is -0.200. The van der Waals surface area contributed by atoms with E-state index in [9.17, 15) is 10.2 Å². The van der Waals surface area contributed by atoms with Crippen molar-refractivity contribution in [2.24, 2.45) is 0 Å². The zero-order chi connectivity index (χ0) is 15.6. The summed E-state index contributed by atoms with van der Waals surface area (Å²) >= 11 is 1.68. The molecule has 110 valence electrons. The van der Waals surface area contributed by atoms with Gasteiger partial charge in [0.15, 0.2) is 0 Å². The van der Waals surface area contributed by atoms with Crippen molar-refractivity contribution in [3.63, 3.8) is 0 Å². The molecular weight excluding hydrogens is 308 g/mol. The lowest BCUT2D eigenvalue weighted by molar-refractivity contribution is 0.403. The third kappa shape index (κ3) is 1.65. The molecule has 5 aromatic rings. The summed E-state index contributed by atoms with van der Waals surface area (Å²) in [6.07, 6.45) is 0. The molecule has 0 unspecified atom stereocenters. The Morgan fingerprint density at radius 3 is 2.43 bits per heavy atom. The molecule has 0 aliphatic rings. The average molecular weight is 318 g/mol. The van der Waals surface area contributed by atoms with Crippen LogP contribution in [0.1, 0.15) is 0 Å². The predicted octanol–water partition coefficient (Wildman–Crippen LogP) is 4.56. The molecule has 0 bridgehead atoms. The highest BCUT2D eigenvalue weighted by molar-refractivity contribution is 7.26. The molecule has 0 fully saturated rings. The van der Waals surface area contributed by atoms with Crippen molar-refractivity contribution in [1.82, 2.24) is 9.97 Å². The van der Waals surface area contributed by atoms with Crippen LogP contribution in [0.4, 0.5) is 0 Å². The predicted molar refractivity (Wildman–Crippen MR) is 93.3 cm³/mol. The molecule has 0 atom stereocenters. The number of rotatable bonds is 0. The Kier molecular flexibility index (Phi) is 2.36. The summed E-state index contributed by atoms with van der Waals surface area (Å²) in [5, 5.41) is 24.6. The Morgan fingerprint density at radius 2 is 1.52 bits per heavy atom. The van der Waals surface area contributed by atoms with Crippen LogP contribution in [-0.2, 0) is 0 Å². The molecular formula is C18H10N2O2S. The van der Waals surface area contributed by atoms with Crippen LogP contribution in [0, 0.1) is 0 Å². The molecule has 0 aliphatic heterocycles. The van der Waals surface area contributed by atoms with E-state index in [-0.39, 0.29) is 5.88 Å². The highest BCUT2D eigenvalue weighted by atomic mass is 32.1. The number of nitrogens with zero attached hydrogens (tertiary/aromatic N) is 2. The van der Waals surface area contributed by atoms with Crippen LogP contribution < -0.4 is 0 Å². The highest BCUT2D eigenvalue weighted by Crippen LogP contribution is 2.42. The van der Waals surface area contributed by atoms with Gasteiger partial charge in [0.1, 0.15) is 0 Å². The van der Waals surface area contributed by atoms with Crippen LogP contribution in [0.25, 0.3) is 41.8 Å². The van der Waals surface area contributed by atoms with Gasteiger partial charge in [-0.3, -0.25) is 0 Å². The number of aromatic nitrogens is 2. The first-order chi connectivity index (χ1) is 11.2. The number of aromatic hydroxyl groups is 2. The van der Waals surface area contributed by atoms with E-state index in [0.717, 1.165) is 30.9 Å². The summed E-state index contributed by atoms with van der Waals surface area (Å²) in [7, 11) is 0. The minimum Gasteiger partial charge on any atom is -0.493 e. The van der Waals surface area contributed by atoms with Gasteiger partial charge >= 0.3 is 6.01 Å². The van der Waals surface area contributed by atoms with E-state index in [1.165, 1.54) is 0 Å². The van der Waals surface area contributed by atoms with Gasteiger partial charge < -0.3 is 10.2 Å². The zero-order valence-corrected chi connectivity index (χ0v) is 12.6. The zero-order valence-electron chi connectivity index (χ0n) is 11.8. The lowest BCUT2D eigenvalue weighted by Crippen LogP contribution is -1.86. The quantitative estimate of drug-likeness (QED) is 0.439. The van der Waals surface area contributed by atoms with Crippen molar-refractivity contribution in [3.05, 3.63) is 48.5 Å². The van der Waals surface area contributed by atoms with Crippen LogP contribution in [0.3, 0.4) is 0 Å². The van der Waals surface area contributed by atoms with E-state index in [0.29, 0.717) is 10.9 Å². The fraction of sp³-hybridized carbons (Fsp3) is 0. The summed E-state index contributed by atoms with van der Waals surface area (Å²) in [5.41, 5.74) is 0.579. The van der Waals surface area contributed by atoms with Crippen LogP contribution in [0.15, 0.2) is 48.5 Å². The van der Waals surface area contributed by atoms with E-state index in [1.807, 2.05) is 18.2 Å². The molecule has 2 aromatic heterocycles. The van der Waals surface area contributed by atoms with Gasteiger partial charge in [-0.2, -0.15) is 9.97 Å². The first-order valence-electron chi connectivity index (χ1n) is 7.15. The van der Waals surface area contributed by atoms with Gasteiger partial charge in [0.2, 0.25) is 5.88 Å². The van der Waals surface area contributed by atoms with Crippen molar-refractivity contribution in [3.8, 4) is 11.9 Å². The van der Waals surface area contributed by atoms with Crippen molar-refractivity contribution in [2.45, 2.75) is 0 Å². The first kappa shape index (κ1) is 12.6. The average Bonchev–Trinajstić information content (AvgIpc) is 2.94. The smallest absolute Gasteiger partial charge is 0.317 e. The normalized spacial score (nSPS) is 11.8. The fourth-order valence-electron chi connectivity index (χ4n) is 3.19. The summed E-state index contributed by atoms with van der Waals surface area (Å²) in [6, 6.07) is 15.8. The summed E-state index contributed by atoms with van der Waals surface area (Å²) in [6.45, 7) is 0.